The Morgan fingerprint density at radius 1 is 1.20 bits per heavy atom. The zero-order valence-corrected chi connectivity index (χ0v) is 14.5. The van der Waals surface area contributed by atoms with Gasteiger partial charge in [-0.2, -0.15) is 11.3 Å². The number of thiophene rings is 1. The Bertz CT molecular complexity index is 888. The van der Waals surface area contributed by atoms with Gasteiger partial charge >= 0.3 is 6.03 Å². The number of hydrogen-bond donors (Lipinski definition) is 2. The van der Waals surface area contributed by atoms with Crippen LogP contribution in [0.2, 0.25) is 0 Å². The zero-order chi connectivity index (χ0) is 17.2. The number of nitrogens with zero attached hydrogens (tertiary/aromatic N) is 3. The molecule has 2 amide bonds. The predicted octanol–water partition coefficient (Wildman–Crippen LogP) is 3.00. The van der Waals surface area contributed by atoms with Crippen molar-refractivity contribution in [2.45, 2.75) is 18.9 Å². The third kappa shape index (κ3) is 3.28. The van der Waals surface area contributed by atoms with Crippen LogP contribution < -0.4 is 16.0 Å². The maximum atomic E-state index is 11.0. The number of benzene rings is 1. The Labute approximate surface area is 149 Å². The average molecular weight is 353 g/mol. The second kappa shape index (κ2) is 6.68. The number of piperidine rings is 1. The fraction of sp³-hybridized carbons (Fsp3) is 0.278. The lowest BCUT2D eigenvalue weighted by molar-refractivity contribution is 0.242. The first-order chi connectivity index (χ1) is 12.2. The summed E-state index contributed by atoms with van der Waals surface area (Å²) in [5.74, 6) is 1.72. The molecule has 6 nitrogen and oxygen atoms in total. The summed E-state index contributed by atoms with van der Waals surface area (Å²) < 4.78 is 0. The predicted molar refractivity (Wildman–Crippen MR) is 101 cm³/mol. The van der Waals surface area contributed by atoms with Gasteiger partial charge in [-0.25, -0.2) is 14.8 Å². The van der Waals surface area contributed by atoms with Crippen molar-refractivity contribution < 1.29 is 4.79 Å². The van der Waals surface area contributed by atoms with Crippen molar-refractivity contribution in [3.63, 3.8) is 0 Å². The number of aromatic nitrogens is 2. The number of rotatable bonds is 3. The van der Waals surface area contributed by atoms with Crippen LogP contribution >= 0.6 is 11.3 Å². The molecule has 0 radical (unpaired) electrons. The Morgan fingerprint density at radius 3 is 2.72 bits per heavy atom. The lowest BCUT2D eigenvalue weighted by atomic mass is 10.0. The van der Waals surface area contributed by atoms with Gasteiger partial charge in [0, 0.05) is 35.5 Å². The molecule has 0 atom stereocenters. The number of hydrogen-bond acceptors (Lipinski definition) is 5. The quantitative estimate of drug-likeness (QED) is 0.758. The molecule has 0 aliphatic carbocycles. The molecule has 2 aromatic heterocycles. The van der Waals surface area contributed by atoms with Crippen LogP contribution in [0, 0.1) is 0 Å². The van der Waals surface area contributed by atoms with Gasteiger partial charge in [-0.1, -0.05) is 12.1 Å². The smallest absolute Gasteiger partial charge is 0.312 e. The zero-order valence-electron chi connectivity index (χ0n) is 13.7. The molecule has 0 saturated carbocycles. The highest BCUT2D eigenvalue weighted by atomic mass is 32.1. The van der Waals surface area contributed by atoms with E-state index in [-0.39, 0.29) is 6.04 Å². The number of carbonyl (C=O) groups excluding carboxylic acids is 1. The fourth-order valence-corrected chi connectivity index (χ4v) is 3.89. The molecule has 1 aliphatic rings. The van der Waals surface area contributed by atoms with Gasteiger partial charge in [0.05, 0.1) is 5.52 Å². The summed E-state index contributed by atoms with van der Waals surface area (Å²) in [7, 11) is 0. The Hall–Kier alpha value is -2.67. The normalized spacial score (nSPS) is 15.4. The molecule has 0 spiro atoms. The topological polar surface area (TPSA) is 84.1 Å². The molecule has 3 aromatic rings. The maximum Gasteiger partial charge on any atom is 0.312 e. The summed E-state index contributed by atoms with van der Waals surface area (Å²) in [6, 6.07) is 9.83. The van der Waals surface area contributed by atoms with Gasteiger partial charge in [0.2, 0.25) is 0 Å². The van der Waals surface area contributed by atoms with Gasteiger partial charge in [-0.15, -0.1) is 0 Å². The van der Waals surface area contributed by atoms with E-state index in [1.807, 2.05) is 29.6 Å². The Balaban J connectivity index is 1.68. The van der Waals surface area contributed by atoms with Gasteiger partial charge in [-0.05, 0) is 36.4 Å². The molecule has 1 aromatic carbocycles. The second-order valence-corrected chi connectivity index (χ2v) is 6.95. The third-order valence-electron chi connectivity index (χ3n) is 4.50. The largest absolute Gasteiger partial charge is 0.356 e. The highest BCUT2D eigenvalue weighted by Crippen LogP contribution is 2.30. The van der Waals surface area contributed by atoms with Crippen LogP contribution in [0.3, 0.4) is 0 Å². The van der Waals surface area contributed by atoms with Crippen molar-refractivity contribution in [3.8, 4) is 11.4 Å². The summed E-state index contributed by atoms with van der Waals surface area (Å²) in [5.41, 5.74) is 7.23. The number of nitrogens with one attached hydrogen (secondary N) is 1. The van der Waals surface area contributed by atoms with Crippen LogP contribution in [0.1, 0.15) is 12.8 Å². The molecule has 1 fully saturated rings. The third-order valence-corrected chi connectivity index (χ3v) is 5.19. The molecular formula is C18H19N5OS. The van der Waals surface area contributed by atoms with Crippen LogP contribution in [-0.2, 0) is 0 Å². The minimum Gasteiger partial charge on any atom is -0.356 e. The average Bonchev–Trinajstić information content (AvgIpc) is 3.16. The first-order valence-corrected chi connectivity index (χ1v) is 9.25. The van der Waals surface area contributed by atoms with Crippen molar-refractivity contribution in [2.75, 3.05) is 18.0 Å². The SMILES string of the molecule is NC(=O)NC1CCN(c2nc(-c3ccsc3)nc3ccccc23)CC1. The van der Waals surface area contributed by atoms with Gasteiger partial charge in [0.1, 0.15) is 5.82 Å². The Kier molecular flexibility index (Phi) is 4.23. The van der Waals surface area contributed by atoms with Gasteiger partial charge in [-0.3, -0.25) is 0 Å². The van der Waals surface area contributed by atoms with E-state index in [1.165, 1.54) is 0 Å². The second-order valence-electron chi connectivity index (χ2n) is 6.17. The van der Waals surface area contributed by atoms with Crippen molar-refractivity contribution in [2.24, 2.45) is 5.73 Å². The van der Waals surface area contributed by atoms with E-state index in [0.29, 0.717) is 0 Å². The summed E-state index contributed by atoms with van der Waals surface area (Å²) in [4.78, 5) is 22.9. The fourth-order valence-electron chi connectivity index (χ4n) is 3.26. The van der Waals surface area contributed by atoms with Crippen molar-refractivity contribution in [3.05, 3.63) is 41.1 Å². The number of amides is 2. The summed E-state index contributed by atoms with van der Waals surface area (Å²) in [5, 5.41) is 7.97. The van der Waals surface area contributed by atoms with Crippen LogP contribution in [0.15, 0.2) is 41.1 Å². The number of carbonyl (C=O) groups is 1. The summed E-state index contributed by atoms with van der Waals surface area (Å²) >= 11 is 1.64. The van der Waals surface area contributed by atoms with E-state index in [4.69, 9.17) is 15.7 Å². The molecule has 1 saturated heterocycles. The van der Waals surface area contributed by atoms with Crippen LogP contribution in [0.4, 0.5) is 10.6 Å². The molecule has 3 N–H and O–H groups in total. The van der Waals surface area contributed by atoms with Crippen molar-refractivity contribution in [1.82, 2.24) is 15.3 Å². The molecule has 7 heteroatoms. The minimum absolute atomic E-state index is 0.137. The van der Waals surface area contributed by atoms with Crippen molar-refractivity contribution in [1.29, 1.82) is 0 Å². The van der Waals surface area contributed by atoms with Gasteiger partial charge in [0.25, 0.3) is 0 Å². The lowest BCUT2D eigenvalue weighted by Gasteiger charge is -2.33. The number of urea groups is 1. The lowest BCUT2D eigenvalue weighted by Crippen LogP contribution is -2.46. The van der Waals surface area contributed by atoms with E-state index >= 15 is 0 Å². The van der Waals surface area contributed by atoms with E-state index in [9.17, 15) is 4.79 Å². The molecule has 128 valence electrons. The molecule has 4 rings (SSSR count). The standard InChI is InChI=1S/C18H19N5OS/c19-18(24)20-13-5-8-23(9-6-13)17-14-3-1-2-4-15(14)21-16(22-17)12-7-10-25-11-12/h1-4,7,10-11,13H,5-6,8-9H2,(H3,19,20,24). The van der Waals surface area contributed by atoms with E-state index < -0.39 is 6.03 Å². The molecule has 3 heterocycles. The van der Waals surface area contributed by atoms with Crippen molar-refractivity contribution >= 4 is 34.1 Å². The van der Waals surface area contributed by atoms with Crippen LogP contribution in [0.5, 0.6) is 0 Å². The number of nitrogens with two attached hydrogens (primary N) is 1. The first-order valence-electron chi connectivity index (χ1n) is 8.31. The van der Waals surface area contributed by atoms with Gasteiger partial charge in [0.15, 0.2) is 5.82 Å². The first kappa shape index (κ1) is 15.8. The minimum atomic E-state index is -0.453. The highest BCUT2D eigenvalue weighted by Gasteiger charge is 2.23. The number of anilines is 1. The van der Waals surface area contributed by atoms with E-state index in [0.717, 1.165) is 54.0 Å². The molecule has 0 unspecified atom stereocenters. The van der Waals surface area contributed by atoms with E-state index in [2.05, 4.69) is 21.7 Å². The molecule has 0 bridgehead atoms. The summed E-state index contributed by atoms with van der Waals surface area (Å²) in [6.45, 7) is 1.66. The van der Waals surface area contributed by atoms with E-state index in [1.54, 1.807) is 11.3 Å². The molecule has 1 aliphatic heterocycles. The summed E-state index contributed by atoms with van der Waals surface area (Å²) in [6.07, 6.45) is 1.71. The number of fused-ring (bicyclic) bond motifs is 1. The monoisotopic (exact) mass is 353 g/mol. The Morgan fingerprint density at radius 2 is 2.00 bits per heavy atom. The number of primary amides is 1. The van der Waals surface area contributed by atoms with Crippen LogP contribution in [-0.4, -0.2) is 35.1 Å². The van der Waals surface area contributed by atoms with Crippen LogP contribution in [0.25, 0.3) is 22.3 Å². The molecule has 25 heavy (non-hydrogen) atoms. The maximum absolute atomic E-state index is 11.0. The highest BCUT2D eigenvalue weighted by molar-refractivity contribution is 7.08. The number of para-hydroxylation sites is 1. The molecular weight excluding hydrogens is 334 g/mol. The van der Waals surface area contributed by atoms with Gasteiger partial charge < -0.3 is 16.0 Å².